The number of hydrogen-bond acceptors (Lipinski definition) is 4. The Morgan fingerprint density at radius 3 is 2.83 bits per heavy atom. The fourth-order valence-electron chi connectivity index (χ4n) is 3.11. The van der Waals surface area contributed by atoms with E-state index in [1.807, 2.05) is 18.2 Å². The standard InChI is InChI=1S/C18H24N2O2S/c21-18(9-8-15-6-5-13-23-15)19-14-16(17-7-4-12-22-17)20-10-2-1-3-11-20/h4-7,12-13,16H,1-3,8-11,14H2,(H,19,21). The number of amides is 1. The summed E-state index contributed by atoms with van der Waals surface area (Å²) in [6.45, 7) is 2.78. The van der Waals surface area contributed by atoms with Gasteiger partial charge in [-0.1, -0.05) is 12.5 Å². The minimum atomic E-state index is 0.118. The van der Waals surface area contributed by atoms with Crippen LogP contribution in [0.2, 0.25) is 0 Å². The third-order valence-corrected chi connectivity index (χ3v) is 5.31. The fraction of sp³-hybridized carbons (Fsp3) is 0.500. The van der Waals surface area contributed by atoms with Crippen LogP contribution in [0.1, 0.15) is 42.4 Å². The Bertz CT molecular complexity index is 574. The van der Waals surface area contributed by atoms with Crippen molar-refractivity contribution in [2.45, 2.75) is 38.1 Å². The van der Waals surface area contributed by atoms with Crippen molar-refractivity contribution in [1.82, 2.24) is 10.2 Å². The molecule has 3 rings (SSSR count). The van der Waals surface area contributed by atoms with Crippen molar-refractivity contribution in [1.29, 1.82) is 0 Å². The molecule has 0 aromatic carbocycles. The molecule has 1 amide bonds. The number of hydrogen-bond donors (Lipinski definition) is 1. The number of carbonyl (C=O) groups is 1. The van der Waals surface area contributed by atoms with Crippen LogP contribution in [0.25, 0.3) is 0 Å². The lowest BCUT2D eigenvalue weighted by molar-refractivity contribution is -0.121. The van der Waals surface area contributed by atoms with E-state index in [9.17, 15) is 4.79 Å². The maximum absolute atomic E-state index is 12.1. The van der Waals surface area contributed by atoms with Crippen LogP contribution in [0.4, 0.5) is 0 Å². The number of aryl methyl sites for hydroxylation is 1. The first kappa shape index (κ1) is 16.3. The van der Waals surface area contributed by atoms with Gasteiger partial charge in [-0.2, -0.15) is 0 Å². The number of likely N-dealkylation sites (tertiary alicyclic amines) is 1. The SMILES string of the molecule is O=C(CCc1cccs1)NCC(c1ccco1)N1CCCCC1. The van der Waals surface area contributed by atoms with Crippen LogP contribution in [0.5, 0.6) is 0 Å². The molecule has 1 aliphatic rings. The van der Waals surface area contributed by atoms with Crippen LogP contribution < -0.4 is 5.32 Å². The molecule has 1 saturated heterocycles. The van der Waals surface area contributed by atoms with Crippen LogP contribution in [0.3, 0.4) is 0 Å². The molecule has 0 aliphatic carbocycles. The second-order valence-electron chi connectivity index (χ2n) is 6.01. The zero-order chi connectivity index (χ0) is 15.9. The van der Waals surface area contributed by atoms with E-state index < -0.39 is 0 Å². The largest absolute Gasteiger partial charge is 0.468 e. The van der Waals surface area contributed by atoms with Crippen LogP contribution in [0.15, 0.2) is 40.3 Å². The summed E-state index contributed by atoms with van der Waals surface area (Å²) in [5.74, 6) is 1.07. The van der Waals surface area contributed by atoms with Crippen molar-refractivity contribution in [2.24, 2.45) is 0 Å². The number of piperidine rings is 1. The smallest absolute Gasteiger partial charge is 0.220 e. The number of nitrogens with zero attached hydrogens (tertiary/aromatic N) is 1. The van der Waals surface area contributed by atoms with Crippen molar-refractivity contribution < 1.29 is 9.21 Å². The van der Waals surface area contributed by atoms with E-state index in [-0.39, 0.29) is 11.9 Å². The molecular formula is C18H24N2O2S. The summed E-state index contributed by atoms with van der Waals surface area (Å²) in [6.07, 6.45) is 6.83. The molecule has 2 aromatic heterocycles. The molecule has 1 aliphatic heterocycles. The normalized spacial score (nSPS) is 17.0. The van der Waals surface area contributed by atoms with Crippen LogP contribution >= 0.6 is 11.3 Å². The van der Waals surface area contributed by atoms with Gasteiger partial charge < -0.3 is 9.73 Å². The Labute approximate surface area is 141 Å². The van der Waals surface area contributed by atoms with E-state index in [4.69, 9.17) is 4.42 Å². The highest BCUT2D eigenvalue weighted by atomic mass is 32.1. The Morgan fingerprint density at radius 1 is 1.26 bits per heavy atom. The summed E-state index contributed by atoms with van der Waals surface area (Å²) in [6, 6.07) is 8.19. The van der Waals surface area contributed by atoms with Gasteiger partial charge in [0.05, 0.1) is 12.3 Å². The topological polar surface area (TPSA) is 45.5 Å². The molecule has 2 aromatic rings. The van der Waals surface area contributed by atoms with Gasteiger partial charge in [0.25, 0.3) is 0 Å². The molecule has 1 N–H and O–H groups in total. The summed E-state index contributed by atoms with van der Waals surface area (Å²) in [5, 5.41) is 5.15. The van der Waals surface area contributed by atoms with Crippen molar-refractivity contribution in [3.8, 4) is 0 Å². The van der Waals surface area contributed by atoms with E-state index >= 15 is 0 Å². The molecule has 0 spiro atoms. The summed E-state index contributed by atoms with van der Waals surface area (Å²) < 4.78 is 5.61. The predicted octanol–water partition coefficient (Wildman–Crippen LogP) is 3.62. The fourth-order valence-corrected chi connectivity index (χ4v) is 3.82. The van der Waals surface area contributed by atoms with E-state index in [0.29, 0.717) is 13.0 Å². The molecule has 1 atom stereocenters. The van der Waals surface area contributed by atoms with E-state index in [1.54, 1.807) is 17.6 Å². The van der Waals surface area contributed by atoms with Gasteiger partial charge >= 0.3 is 0 Å². The van der Waals surface area contributed by atoms with Gasteiger partial charge in [0.1, 0.15) is 5.76 Å². The molecule has 1 fully saturated rings. The zero-order valence-electron chi connectivity index (χ0n) is 13.4. The predicted molar refractivity (Wildman–Crippen MR) is 92.5 cm³/mol. The molecule has 3 heterocycles. The maximum atomic E-state index is 12.1. The minimum absolute atomic E-state index is 0.118. The van der Waals surface area contributed by atoms with E-state index in [1.165, 1.54) is 24.1 Å². The van der Waals surface area contributed by atoms with Gasteiger partial charge in [-0.05, 0) is 55.9 Å². The highest BCUT2D eigenvalue weighted by molar-refractivity contribution is 7.09. The first-order valence-electron chi connectivity index (χ1n) is 8.39. The Kier molecular flexibility index (Phi) is 5.88. The van der Waals surface area contributed by atoms with Crippen LogP contribution in [0, 0.1) is 0 Å². The van der Waals surface area contributed by atoms with Crippen LogP contribution in [-0.2, 0) is 11.2 Å². The number of nitrogens with one attached hydrogen (secondary N) is 1. The molecule has 5 heteroatoms. The summed E-state index contributed by atoms with van der Waals surface area (Å²) in [7, 11) is 0. The zero-order valence-corrected chi connectivity index (χ0v) is 14.2. The number of thiophene rings is 1. The summed E-state index contributed by atoms with van der Waals surface area (Å²) in [5.41, 5.74) is 0. The van der Waals surface area contributed by atoms with Gasteiger partial charge in [-0.15, -0.1) is 11.3 Å². The summed E-state index contributed by atoms with van der Waals surface area (Å²) >= 11 is 1.71. The number of rotatable bonds is 7. The lowest BCUT2D eigenvalue weighted by Crippen LogP contribution is -2.40. The number of carbonyl (C=O) groups excluding carboxylic acids is 1. The quantitative estimate of drug-likeness (QED) is 0.842. The van der Waals surface area contributed by atoms with E-state index in [0.717, 1.165) is 25.3 Å². The Balaban J connectivity index is 1.52. The van der Waals surface area contributed by atoms with E-state index in [2.05, 4.69) is 21.7 Å². The third-order valence-electron chi connectivity index (χ3n) is 4.37. The highest BCUT2D eigenvalue weighted by Crippen LogP contribution is 2.24. The van der Waals surface area contributed by atoms with Gasteiger partial charge in [0.15, 0.2) is 0 Å². The third kappa shape index (κ3) is 4.69. The van der Waals surface area contributed by atoms with Crippen molar-refractivity contribution in [3.63, 3.8) is 0 Å². The van der Waals surface area contributed by atoms with Crippen molar-refractivity contribution in [2.75, 3.05) is 19.6 Å². The monoisotopic (exact) mass is 332 g/mol. The maximum Gasteiger partial charge on any atom is 0.220 e. The molecule has 4 nitrogen and oxygen atoms in total. The summed E-state index contributed by atoms with van der Waals surface area (Å²) in [4.78, 5) is 15.8. The highest BCUT2D eigenvalue weighted by Gasteiger charge is 2.24. The van der Waals surface area contributed by atoms with Crippen molar-refractivity contribution in [3.05, 3.63) is 46.5 Å². The molecule has 0 saturated carbocycles. The van der Waals surface area contributed by atoms with Crippen molar-refractivity contribution >= 4 is 17.2 Å². The Morgan fingerprint density at radius 2 is 2.13 bits per heavy atom. The first-order chi connectivity index (χ1) is 11.3. The average Bonchev–Trinajstić information content (AvgIpc) is 3.28. The molecular weight excluding hydrogens is 308 g/mol. The second kappa shape index (κ2) is 8.31. The van der Waals surface area contributed by atoms with Crippen LogP contribution in [-0.4, -0.2) is 30.4 Å². The lowest BCUT2D eigenvalue weighted by atomic mass is 10.1. The minimum Gasteiger partial charge on any atom is -0.468 e. The second-order valence-corrected chi connectivity index (χ2v) is 7.04. The first-order valence-corrected chi connectivity index (χ1v) is 9.27. The molecule has 124 valence electrons. The molecule has 23 heavy (non-hydrogen) atoms. The number of furan rings is 1. The van der Waals surface area contributed by atoms with Gasteiger partial charge in [0.2, 0.25) is 5.91 Å². The Hall–Kier alpha value is -1.59. The van der Waals surface area contributed by atoms with Gasteiger partial charge in [0, 0.05) is 17.8 Å². The molecule has 0 bridgehead atoms. The molecule has 1 unspecified atom stereocenters. The molecule has 0 radical (unpaired) electrons. The lowest BCUT2D eigenvalue weighted by Gasteiger charge is -2.33. The van der Waals surface area contributed by atoms with Gasteiger partial charge in [-0.3, -0.25) is 9.69 Å². The average molecular weight is 332 g/mol. The van der Waals surface area contributed by atoms with Gasteiger partial charge in [-0.25, -0.2) is 0 Å².